The zero-order valence-corrected chi connectivity index (χ0v) is 14.9. The van der Waals surface area contributed by atoms with Gasteiger partial charge < -0.3 is 15.4 Å². The lowest BCUT2D eigenvalue weighted by Gasteiger charge is -2.12. The summed E-state index contributed by atoms with van der Waals surface area (Å²) in [5.41, 5.74) is 1.18. The Morgan fingerprint density at radius 1 is 1.24 bits per heavy atom. The van der Waals surface area contributed by atoms with Crippen molar-refractivity contribution in [2.24, 2.45) is 0 Å². The van der Waals surface area contributed by atoms with E-state index < -0.39 is 9.84 Å². The van der Waals surface area contributed by atoms with Crippen LogP contribution in [0.4, 0.5) is 11.6 Å². The predicted molar refractivity (Wildman–Crippen MR) is 97.9 cm³/mol. The van der Waals surface area contributed by atoms with Crippen molar-refractivity contribution >= 4 is 21.5 Å². The number of benzene rings is 1. The number of ether oxygens (including phenoxy) is 1. The van der Waals surface area contributed by atoms with Gasteiger partial charge in [-0.05, 0) is 30.5 Å². The summed E-state index contributed by atoms with van der Waals surface area (Å²) in [6, 6.07) is 9.67. The van der Waals surface area contributed by atoms with E-state index in [4.69, 9.17) is 4.74 Å². The summed E-state index contributed by atoms with van der Waals surface area (Å²) < 4.78 is 28.3. The Bertz CT molecular complexity index is 826. The van der Waals surface area contributed by atoms with E-state index in [9.17, 15) is 8.42 Å². The van der Waals surface area contributed by atoms with Gasteiger partial charge in [0, 0.05) is 18.7 Å². The molecular weight excluding hydrogens is 340 g/mol. The fraction of sp³-hybridized carbons (Fsp3) is 0.412. The quantitative estimate of drug-likeness (QED) is 0.775. The van der Waals surface area contributed by atoms with E-state index in [2.05, 4.69) is 26.7 Å². The van der Waals surface area contributed by atoms with Crippen LogP contribution in [-0.4, -0.2) is 49.6 Å². The number of aromatic nitrogens is 2. The maximum Gasteiger partial charge on any atom is 0.152 e. The highest BCUT2D eigenvalue weighted by Crippen LogP contribution is 2.18. The van der Waals surface area contributed by atoms with Crippen molar-refractivity contribution in [2.75, 3.05) is 35.8 Å². The van der Waals surface area contributed by atoms with Crippen molar-refractivity contribution in [3.05, 3.63) is 42.2 Å². The second-order valence-electron chi connectivity index (χ2n) is 6.06. The Hall–Kier alpha value is -2.35. The SMILES string of the molecule is COc1cccc(CCNc2cc(NC3CCS(=O)(=O)C3)ncn2)c1. The minimum absolute atomic E-state index is 0.0791. The number of methoxy groups -OCH3 is 1. The van der Waals surface area contributed by atoms with Crippen LogP contribution in [0.1, 0.15) is 12.0 Å². The molecule has 2 heterocycles. The molecule has 3 rings (SSSR count). The number of nitrogens with one attached hydrogen (secondary N) is 2. The topological polar surface area (TPSA) is 93.2 Å². The molecule has 0 saturated carbocycles. The molecule has 1 aromatic heterocycles. The predicted octanol–water partition coefficient (Wildman–Crippen LogP) is 1.74. The zero-order chi connectivity index (χ0) is 17.7. The number of rotatable bonds is 7. The lowest BCUT2D eigenvalue weighted by molar-refractivity contribution is 0.414. The summed E-state index contributed by atoms with van der Waals surface area (Å²) in [4.78, 5) is 8.37. The first-order valence-corrected chi connectivity index (χ1v) is 10.0. The smallest absolute Gasteiger partial charge is 0.152 e. The molecule has 25 heavy (non-hydrogen) atoms. The second kappa shape index (κ2) is 7.69. The number of nitrogens with zero attached hydrogens (tertiary/aromatic N) is 2. The standard InChI is InChI=1S/C17H22N4O3S/c1-24-15-4-2-3-13(9-15)5-7-18-16-10-17(20-12-19-16)21-14-6-8-25(22,23)11-14/h2-4,9-10,12,14H,5-8,11H2,1H3,(H2,18,19,20,21). The lowest BCUT2D eigenvalue weighted by Crippen LogP contribution is -2.21. The van der Waals surface area contributed by atoms with Crippen molar-refractivity contribution < 1.29 is 13.2 Å². The molecule has 1 atom stereocenters. The maximum atomic E-state index is 11.5. The molecular formula is C17H22N4O3S. The highest BCUT2D eigenvalue weighted by atomic mass is 32.2. The largest absolute Gasteiger partial charge is 0.497 e. The van der Waals surface area contributed by atoms with E-state index >= 15 is 0 Å². The molecule has 8 heteroatoms. The van der Waals surface area contributed by atoms with Crippen LogP contribution in [0.2, 0.25) is 0 Å². The number of hydrogen-bond donors (Lipinski definition) is 2. The molecule has 1 unspecified atom stereocenters. The van der Waals surface area contributed by atoms with E-state index in [0.29, 0.717) is 18.1 Å². The molecule has 0 spiro atoms. The van der Waals surface area contributed by atoms with Crippen LogP contribution in [0.3, 0.4) is 0 Å². The van der Waals surface area contributed by atoms with E-state index in [0.717, 1.165) is 18.7 Å². The van der Waals surface area contributed by atoms with Gasteiger partial charge in [-0.15, -0.1) is 0 Å². The molecule has 1 fully saturated rings. The fourth-order valence-corrected chi connectivity index (χ4v) is 4.49. The summed E-state index contributed by atoms with van der Waals surface area (Å²) in [6.45, 7) is 0.724. The van der Waals surface area contributed by atoms with Crippen molar-refractivity contribution in [2.45, 2.75) is 18.9 Å². The first kappa shape index (κ1) is 17.5. The molecule has 0 amide bonds. The van der Waals surface area contributed by atoms with Crippen LogP contribution in [0.5, 0.6) is 5.75 Å². The number of hydrogen-bond acceptors (Lipinski definition) is 7. The third-order valence-corrected chi connectivity index (χ3v) is 5.87. The van der Waals surface area contributed by atoms with E-state index in [-0.39, 0.29) is 17.5 Å². The van der Waals surface area contributed by atoms with Crippen LogP contribution < -0.4 is 15.4 Å². The van der Waals surface area contributed by atoms with Crippen molar-refractivity contribution in [1.29, 1.82) is 0 Å². The van der Waals surface area contributed by atoms with Crippen LogP contribution in [0.15, 0.2) is 36.7 Å². The molecule has 1 aliphatic rings. The molecule has 0 aliphatic carbocycles. The third kappa shape index (κ3) is 5.06. The Morgan fingerprint density at radius 3 is 2.84 bits per heavy atom. The average Bonchev–Trinajstić information content (AvgIpc) is 2.94. The highest BCUT2D eigenvalue weighted by molar-refractivity contribution is 7.91. The van der Waals surface area contributed by atoms with E-state index in [1.165, 1.54) is 11.9 Å². The van der Waals surface area contributed by atoms with Gasteiger partial charge >= 0.3 is 0 Å². The average molecular weight is 362 g/mol. The first-order chi connectivity index (χ1) is 12.0. The van der Waals surface area contributed by atoms with Gasteiger partial charge in [0.25, 0.3) is 0 Å². The summed E-state index contributed by atoms with van der Waals surface area (Å²) in [5.74, 6) is 2.59. The summed E-state index contributed by atoms with van der Waals surface area (Å²) in [5, 5.41) is 6.44. The lowest BCUT2D eigenvalue weighted by atomic mass is 10.1. The second-order valence-corrected chi connectivity index (χ2v) is 8.29. The van der Waals surface area contributed by atoms with Gasteiger partial charge in [0.05, 0.1) is 18.6 Å². The summed E-state index contributed by atoms with van der Waals surface area (Å²) in [7, 11) is -1.25. The Labute approximate surface area is 147 Å². The Balaban J connectivity index is 1.53. The van der Waals surface area contributed by atoms with Gasteiger partial charge in [0.2, 0.25) is 0 Å². The van der Waals surface area contributed by atoms with Crippen molar-refractivity contribution in [3.8, 4) is 5.75 Å². The molecule has 0 radical (unpaired) electrons. The number of sulfone groups is 1. The van der Waals surface area contributed by atoms with Crippen LogP contribution in [0, 0.1) is 0 Å². The normalized spacial score (nSPS) is 18.7. The van der Waals surface area contributed by atoms with Crippen molar-refractivity contribution in [3.63, 3.8) is 0 Å². The fourth-order valence-electron chi connectivity index (χ4n) is 2.81. The highest BCUT2D eigenvalue weighted by Gasteiger charge is 2.27. The Kier molecular flexibility index (Phi) is 5.37. The van der Waals surface area contributed by atoms with Gasteiger partial charge in [-0.3, -0.25) is 0 Å². The first-order valence-electron chi connectivity index (χ1n) is 8.20. The van der Waals surface area contributed by atoms with Gasteiger partial charge in [0.15, 0.2) is 9.84 Å². The van der Waals surface area contributed by atoms with Crippen molar-refractivity contribution in [1.82, 2.24) is 9.97 Å². The molecule has 1 aliphatic heterocycles. The van der Waals surface area contributed by atoms with E-state index in [1.807, 2.05) is 18.2 Å². The van der Waals surface area contributed by atoms with Gasteiger partial charge in [-0.1, -0.05) is 12.1 Å². The van der Waals surface area contributed by atoms with Crippen LogP contribution in [-0.2, 0) is 16.3 Å². The minimum Gasteiger partial charge on any atom is -0.497 e. The summed E-state index contributed by atoms with van der Waals surface area (Å²) >= 11 is 0. The molecule has 2 aromatic rings. The molecule has 1 saturated heterocycles. The molecule has 134 valence electrons. The number of anilines is 2. The minimum atomic E-state index is -2.91. The Morgan fingerprint density at radius 2 is 2.08 bits per heavy atom. The summed E-state index contributed by atoms with van der Waals surface area (Å²) in [6.07, 6.45) is 2.93. The third-order valence-electron chi connectivity index (χ3n) is 4.11. The monoisotopic (exact) mass is 362 g/mol. The van der Waals surface area contributed by atoms with Crippen LogP contribution >= 0.6 is 0 Å². The zero-order valence-electron chi connectivity index (χ0n) is 14.1. The van der Waals surface area contributed by atoms with E-state index in [1.54, 1.807) is 13.2 Å². The molecule has 1 aromatic carbocycles. The molecule has 2 N–H and O–H groups in total. The van der Waals surface area contributed by atoms with Crippen LogP contribution in [0.25, 0.3) is 0 Å². The van der Waals surface area contributed by atoms with Gasteiger partial charge in [-0.25, -0.2) is 18.4 Å². The molecule has 7 nitrogen and oxygen atoms in total. The molecule has 0 bridgehead atoms. The van der Waals surface area contributed by atoms with Gasteiger partial charge in [-0.2, -0.15) is 0 Å². The maximum absolute atomic E-state index is 11.5. The van der Waals surface area contributed by atoms with Gasteiger partial charge in [0.1, 0.15) is 23.7 Å².